The molecule has 2 heterocycles. The van der Waals surface area contributed by atoms with Crippen LogP contribution in [0.15, 0.2) is 9.59 Å². The first-order valence-electron chi connectivity index (χ1n) is 7.43. The first-order valence-corrected chi connectivity index (χ1v) is 7.43. The van der Waals surface area contributed by atoms with Crippen molar-refractivity contribution in [2.45, 2.75) is 44.7 Å². The molecule has 7 heteroatoms. The highest BCUT2D eigenvalue weighted by Crippen LogP contribution is 2.28. The largest absolute Gasteiger partial charge is 0.332 e. The van der Waals surface area contributed by atoms with Crippen LogP contribution >= 0.6 is 0 Å². The Morgan fingerprint density at radius 2 is 1.81 bits per heavy atom. The highest BCUT2D eigenvalue weighted by Gasteiger charge is 2.24. The number of fused-ring (bicyclic) bond motifs is 1. The average molecular weight is 291 g/mol. The maximum atomic E-state index is 12.6. The normalized spacial score (nSPS) is 16.7. The summed E-state index contributed by atoms with van der Waals surface area (Å²) in [5.74, 6) is 0.622. The predicted molar refractivity (Wildman–Crippen MR) is 80.2 cm³/mol. The van der Waals surface area contributed by atoms with E-state index in [0.29, 0.717) is 17.0 Å². The third-order valence-corrected chi connectivity index (χ3v) is 4.52. The molecule has 0 unspecified atom stereocenters. The predicted octanol–water partition coefficient (Wildman–Crippen LogP) is 0.398. The number of nitrogens with zero attached hydrogens (tertiary/aromatic N) is 4. The van der Waals surface area contributed by atoms with E-state index in [9.17, 15) is 9.59 Å². The van der Waals surface area contributed by atoms with Crippen molar-refractivity contribution in [3.63, 3.8) is 0 Å². The minimum Gasteiger partial charge on any atom is -0.324 e. The van der Waals surface area contributed by atoms with Crippen molar-refractivity contribution < 1.29 is 0 Å². The summed E-state index contributed by atoms with van der Waals surface area (Å²) in [4.78, 5) is 29.4. The van der Waals surface area contributed by atoms with Crippen LogP contribution in [0.4, 0.5) is 0 Å². The molecule has 0 radical (unpaired) electrons. The molecule has 21 heavy (non-hydrogen) atoms. The molecule has 2 aromatic heterocycles. The Bertz CT molecular complexity index is 792. The highest BCUT2D eigenvalue weighted by atomic mass is 16.2. The van der Waals surface area contributed by atoms with E-state index < -0.39 is 0 Å². The average Bonchev–Trinajstić information content (AvgIpc) is 2.83. The van der Waals surface area contributed by atoms with Gasteiger partial charge in [-0.1, -0.05) is 19.3 Å². The number of rotatable bonds is 2. The number of nitrogens with two attached hydrogens (primary N) is 1. The quantitative estimate of drug-likeness (QED) is 0.867. The second kappa shape index (κ2) is 5.14. The van der Waals surface area contributed by atoms with Crippen LogP contribution in [0.5, 0.6) is 0 Å². The Morgan fingerprint density at radius 3 is 2.43 bits per heavy atom. The van der Waals surface area contributed by atoms with Gasteiger partial charge < -0.3 is 10.3 Å². The molecule has 3 rings (SSSR count). The van der Waals surface area contributed by atoms with E-state index in [1.807, 2.05) is 0 Å². The van der Waals surface area contributed by atoms with E-state index in [2.05, 4.69) is 4.98 Å². The molecule has 7 nitrogen and oxygen atoms in total. The van der Waals surface area contributed by atoms with Gasteiger partial charge in [-0.3, -0.25) is 13.9 Å². The SMILES string of the molecule is Cn1c(=O)c2c(nc(CN)n2C)n(C2CCCCC2)c1=O. The Morgan fingerprint density at radius 1 is 1.14 bits per heavy atom. The van der Waals surface area contributed by atoms with Gasteiger partial charge in [0, 0.05) is 20.1 Å². The maximum Gasteiger partial charge on any atom is 0.332 e. The molecule has 1 fully saturated rings. The van der Waals surface area contributed by atoms with Gasteiger partial charge in [0.05, 0.1) is 6.54 Å². The van der Waals surface area contributed by atoms with E-state index in [1.54, 1.807) is 16.2 Å². The molecule has 1 aliphatic rings. The fourth-order valence-electron chi connectivity index (χ4n) is 3.29. The lowest BCUT2D eigenvalue weighted by Crippen LogP contribution is -2.40. The molecular formula is C14H21N5O2. The number of hydrogen-bond donors (Lipinski definition) is 1. The van der Waals surface area contributed by atoms with E-state index in [4.69, 9.17) is 5.73 Å². The number of aryl methyl sites for hydroxylation is 1. The summed E-state index contributed by atoms with van der Waals surface area (Å²) >= 11 is 0. The summed E-state index contributed by atoms with van der Waals surface area (Å²) in [6.45, 7) is 0.243. The van der Waals surface area contributed by atoms with Crippen LogP contribution < -0.4 is 17.0 Å². The van der Waals surface area contributed by atoms with Crippen LogP contribution in [0, 0.1) is 0 Å². The number of imidazole rings is 1. The monoisotopic (exact) mass is 291 g/mol. The third-order valence-electron chi connectivity index (χ3n) is 4.52. The molecule has 0 saturated heterocycles. The molecule has 0 bridgehead atoms. The van der Waals surface area contributed by atoms with Crippen LogP contribution in [-0.2, 0) is 20.6 Å². The minimum absolute atomic E-state index is 0.126. The zero-order valence-electron chi connectivity index (χ0n) is 12.5. The molecule has 0 atom stereocenters. The lowest BCUT2D eigenvalue weighted by Gasteiger charge is -2.24. The number of aromatic nitrogens is 4. The van der Waals surface area contributed by atoms with Crippen molar-refractivity contribution in [2.24, 2.45) is 19.8 Å². The van der Waals surface area contributed by atoms with Gasteiger partial charge in [-0.2, -0.15) is 0 Å². The fourth-order valence-corrected chi connectivity index (χ4v) is 3.29. The van der Waals surface area contributed by atoms with Crippen LogP contribution in [0.3, 0.4) is 0 Å². The van der Waals surface area contributed by atoms with Crippen molar-refractivity contribution in [3.05, 3.63) is 26.7 Å². The van der Waals surface area contributed by atoms with E-state index in [-0.39, 0.29) is 23.8 Å². The first-order chi connectivity index (χ1) is 10.1. The maximum absolute atomic E-state index is 12.6. The van der Waals surface area contributed by atoms with Gasteiger partial charge in [-0.05, 0) is 12.8 Å². The molecule has 0 amide bonds. The molecule has 0 aliphatic heterocycles. The Hall–Kier alpha value is -1.89. The van der Waals surface area contributed by atoms with Gasteiger partial charge in [0.25, 0.3) is 5.56 Å². The zero-order chi connectivity index (χ0) is 15.1. The van der Waals surface area contributed by atoms with Gasteiger partial charge >= 0.3 is 5.69 Å². The molecular weight excluding hydrogens is 270 g/mol. The van der Waals surface area contributed by atoms with E-state index in [0.717, 1.165) is 25.7 Å². The molecule has 0 aromatic carbocycles. The van der Waals surface area contributed by atoms with Gasteiger partial charge in [-0.15, -0.1) is 0 Å². The molecule has 2 N–H and O–H groups in total. The van der Waals surface area contributed by atoms with Crippen LogP contribution in [0.25, 0.3) is 11.2 Å². The first kappa shape index (κ1) is 14.1. The lowest BCUT2D eigenvalue weighted by molar-refractivity contribution is 0.344. The Balaban J connectivity index is 2.37. The topological polar surface area (TPSA) is 87.8 Å². The summed E-state index contributed by atoms with van der Waals surface area (Å²) < 4.78 is 4.59. The van der Waals surface area contributed by atoms with Crippen LogP contribution in [-0.4, -0.2) is 18.7 Å². The van der Waals surface area contributed by atoms with Gasteiger partial charge in [0.2, 0.25) is 0 Å². The fraction of sp³-hybridized carbons (Fsp3) is 0.643. The highest BCUT2D eigenvalue weighted by molar-refractivity contribution is 5.71. The minimum atomic E-state index is -0.309. The van der Waals surface area contributed by atoms with E-state index in [1.165, 1.54) is 18.0 Å². The third kappa shape index (κ3) is 2.03. The molecule has 0 spiro atoms. The summed E-state index contributed by atoms with van der Waals surface area (Å²) in [5, 5.41) is 0. The summed E-state index contributed by atoms with van der Waals surface area (Å²) in [6.07, 6.45) is 5.34. The molecule has 114 valence electrons. The van der Waals surface area contributed by atoms with Crippen LogP contribution in [0.2, 0.25) is 0 Å². The van der Waals surface area contributed by atoms with Crippen molar-refractivity contribution in [1.82, 2.24) is 18.7 Å². The van der Waals surface area contributed by atoms with Gasteiger partial charge in [-0.25, -0.2) is 9.78 Å². The van der Waals surface area contributed by atoms with Crippen molar-refractivity contribution in [3.8, 4) is 0 Å². The van der Waals surface area contributed by atoms with E-state index >= 15 is 0 Å². The van der Waals surface area contributed by atoms with Crippen molar-refractivity contribution in [2.75, 3.05) is 0 Å². The Kier molecular flexibility index (Phi) is 3.44. The standard InChI is InChI=1S/C14H21N5O2/c1-17-10(8-15)16-12-11(17)13(20)18(2)14(21)19(12)9-6-4-3-5-7-9/h9H,3-8,15H2,1-2H3. The molecule has 2 aromatic rings. The van der Waals surface area contributed by atoms with Gasteiger partial charge in [0.15, 0.2) is 11.2 Å². The second-order valence-corrected chi connectivity index (χ2v) is 5.77. The summed E-state index contributed by atoms with van der Waals surface area (Å²) in [6, 6.07) is 0.126. The number of hydrogen-bond acceptors (Lipinski definition) is 4. The summed E-state index contributed by atoms with van der Waals surface area (Å²) in [5.41, 5.74) is 6.05. The zero-order valence-corrected chi connectivity index (χ0v) is 12.5. The smallest absolute Gasteiger partial charge is 0.324 e. The van der Waals surface area contributed by atoms with Crippen molar-refractivity contribution >= 4 is 11.2 Å². The summed E-state index contributed by atoms with van der Waals surface area (Å²) in [7, 11) is 3.30. The van der Waals surface area contributed by atoms with Crippen molar-refractivity contribution in [1.29, 1.82) is 0 Å². The Labute approximate surface area is 122 Å². The molecule has 1 aliphatic carbocycles. The van der Waals surface area contributed by atoms with Gasteiger partial charge in [0.1, 0.15) is 5.82 Å². The second-order valence-electron chi connectivity index (χ2n) is 5.77. The lowest BCUT2D eigenvalue weighted by atomic mass is 9.95. The van der Waals surface area contributed by atoms with Crippen LogP contribution in [0.1, 0.15) is 44.0 Å². The molecule has 1 saturated carbocycles.